The highest BCUT2D eigenvalue weighted by Crippen LogP contribution is 2.41. The second-order valence-corrected chi connectivity index (χ2v) is 3.96. The molecule has 0 aliphatic rings. The van der Waals surface area contributed by atoms with Crippen molar-refractivity contribution in [1.29, 1.82) is 0 Å². The molecule has 0 spiro atoms. The zero-order valence-electron chi connectivity index (χ0n) is 11.1. The highest BCUT2D eigenvalue weighted by atomic mass is 16.5. The maximum absolute atomic E-state index is 9.32. The van der Waals surface area contributed by atoms with E-state index in [0.717, 1.165) is 11.1 Å². The summed E-state index contributed by atoms with van der Waals surface area (Å²) in [6.07, 6.45) is 0. The summed E-state index contributed by atoms with van der Waals surface area (Å²) in [4.78, 5) is 0. The molecule has 0 bridgehead atoms. The Bertz CT molecular complexity index is 536. The van der Waals surface area contributed by atoms with Crippen molar-refractivity contribution in [2.75, 3.05) is 21.3 Å². The highest BCUT2D eigenvalue weighted by molar-refractivity contribution is 5.71. The monoisotopic (exact) mass is 260 g/mol. The van der Waals surface area contributed by atoms with Gasteiger partial charge < -0.3 is 19.3 Å². The molecule has 100 valence electrons. The van der Waals surface area contributed by atoms with Gasteiger partial charge in [0.15, 0.2) is 11.5 Å². The van der Waals surface area contributed by atoms with Crippen LogP contribution < -0.4 is 14.2 Å². The summed E-state index contributed by atoms with van der Waals surface area (Å²) in [6.45, 7) is 0. The number of rotatable bonds is 4. The van der Waals surface area contributed by atoms with Gasteiger partial charge in [0.1, 0.15) is 5.75 Å². The van der Waals surface area contributed by atoms with Crippen LogP contribution in [0, 0.1) is 0 Å². The van der Waals surface area contributed by atoms with E-state index >= 15 is 0 Å². The average Bonchev–Trinajstić information content (AvgIpc) is 2.46. The van der Waals surface area contributed by atoms with Crippen molar-refractivity contribution in [3.8, 4) is 34.1 Å². The lowest BCUT2D eigenvalue weighted by atomic mass is 10.0. The van der Waals surface area contributed by atoms with E-state index in [2.05, 4.69) is 0 Å². The van der Waals surface area contributed by atoms with E-state index in [4.69, 9.17) is 14.2 Å². The maximum Gasteiger partial charge on any atom is 0.203 e. The van der Waals surface area contributed by atoms with Crippen molar-refractivity contribution >= 4 is 0 Å². The molecule has 4 heteroatoms. The first-order valence-corrected chi connectivity index (χ1v) is 5.79. The molecule has 2 aromatic rings. The molecule has 2 aromatic carbocycles. The third-order valence-corrected chi connectivity index (χ3v) is 2.87. The molecule has 0 amide bonds. The van der Waals surface area contributed by atoms with Crippen LogP contribution in [0.5, 0.6) is 23.0 Å². The van der Waals surface area contributed by atoms with Crippen LogP contribution in [-0.4, -0.2) is 26.4 Å². The van der Waals surface area contributed by atoms with Crippen molar-refractivity contribution in [1.82, 2.24) is 0 Å². The summed E-state index contributed by atoms with van der Waals surface area (Å²) in [7, 11) is 4.73. The first kappa shape index (κ1) is 13.1. The van der Waals surface area contributed by atoms with Crippen molar-refractivity contribution in [2.24, 2.45) is 0 Å². The van der Waals surface area contributed by atoms with Gasteiger partial charge in [-0.15, -0.1) is 0 Å². The van der Waals surface area contributed by atoms with Crippen molar-refractivity contribution in [2.45, 2.75) is 0 Å². The van der Waals surface area contributed by atoms with Crippen molar-refractivity contribution < 1.29 is 19.3 Å². The summed E-state index contributed by atoms with van der Waals surface area (Å²) >= 11 is 0. The van der Waals surface area contributed by atoms with Gasteiger partial charge in [0, 0.05) is 0 Å². The zero-order chi connectivity index (χ0) is 13.8. The predicted molar refractivity (Wildman–Crippen MR) is 73.2 cm³/mol. The SMILES string of the molecule is COc1cc(-c2ccc(O)cc2)cc(OC)c1OC. The fourth-order valence-electron chi connectivity index (χ4n) is 1.90. The molecular formula is C15H16O4. The van der Waals surface area contributed by atoms with Gasteiger partial charge in [0.2, 0.25) is 5.75 Å². The lowest BCUT2D eigenvalue weighted by Crippen LogP contribution is -1.95. The molecule has 2 rings (SSSR count). The molecule has 0 saturated carbocycles. The van der Waals surface area contributed by atoms with Gasteiger partial charge in [-0.05, 0) is 35.4 Å². The number of hydrogen-bond acceptors (Lipinski definition) is 4. The Kier molecular flexibility index (Phi) is 3.80. The van der Waals surface area contributed by atoms with Gasteiger partial charge in [-0.2, -0.15) is 0 Å². The largest absolute Gasteiger partial charge is 0.508 e. The van der Waals surface area contributed by atoms with E-state index < -0.39 is 0 Å². The molecule has 4 nitrogen and oxygen atoms in total. The molecule has 0 atom stereocenters. The topological polar surface area (TPSA) is 47.9 Å². The summed E-state index contributed by atoms with van der Waals surface area (Å²) in [5, 5.41) is 9.32. The van der Waals surface area contributed by atoms with Crippen LogP contribution in [0.3, 0.4) is 0 Å². The summed E-state index contributed by atoms with van der Waals surface area (Å²) in [5.41, 5.74) is 1.88. The summed E-state index contributed by atoms with van der Waals surface area (Å²) < 4.78 is 15.9. The number of ether oxygens (including phenoxy) is 3. The van der Waals surface area contributed by atoms with Crippen LogP contribution >= 0.6 is 0 Å². The van der Waals surface area contributed by atoms with E-state index in [9.17, 15) is 5.11 Å². The van der Waals surface area contributed by atoms with E-state index in [1.54, 1.807) is 33.5 Å². The lowest BCUT2D eigenvalue weighted by Gasteiger charge is -2.14. The first-order valence-electron chi connectivity index (χ1n) is 5.79. The second-order valence-electron chi connectivity index (χ2n) is 3.96. The Morgan fingerprint density at radius 2 is 1.26 bits per heavy atom. The number of phenols is 1. The van der Waals surface area contributed by atoms with E-state index in [1.807, 2.05) is 24.3 Å². The molecule has 0 heterocycles. The Hall–Kier alpha value is -2.36. The highest BCUT2D eigenvalue weighted by Gasteiger charge is 2.13. The zero-order valence-corrected chi connectivity index (χ0v) is 11.1. The van der Waals surface area contributed by atoms with Crippen LogP contribution in [0.25, 0.3) is 11.1 Å². The smallest absolute Gasteiger partial charge is 0.203 e. The molecule has 0 aliphatic carbocycles. The van der Waals surface area contributed by atoms with Crippen molar-refractivity contribution in [3.63, 3.8) is 0 Å². The van der Waals surface area contributed by atoms with Crippen LogP contribution in [-0.2, 0) is 0 Å². The van der Waals surface area contributed by atoms with Crippen molar-refractivity contribution in [3.05, 3.63) is 36.4 Å². The van der Waals surface area contributed by atoms with Gasteiger partial charge in [0.05, 0.1) is 21.3 Å². The minimum Gasteiger partial charge on any atom is -0.508 e. The average molecular weight is 260 g/mol. The van der Waals surface area contributed by atoms with Crippen LogP contribution in [0.2, 0.25) is 0 Å². The summed E-state index contributed by atoms with van der Waals surface area (Å²) in [5.74, 6) is 2.00. The molecule has 0 fully saturated rings. The first-order chi connectivity index (χ1) is 9.19. The molecule has 0 radical (unpaired) electrons. The van der Waals surface area contributed by atoms with Gasteiger partial charge in [-0.25, -0.2) is 0 Å². The second kappa shape index (κ2) is 5.52. The lowest BCUT2D eigenvalue weighted by molar-refractivity contribution is 0.324. The number of hydrogen-bond donors (Lipinski definition) is 1. The van der Waals surface area contributed by atoms with E-state index in [1.165, 1.54) is 0 Å². The Balaban J connectivity index is 2.55. The van der Waals surface area contributed by atoms with Gasteiger partial charge in [-0.1, -0.05) is 12.1 Å². The molecule has 0 unspecified atom stereocenters. The van der Waals surface area contributed by atoms with E-state index in [-0.39, 0.29) is 5.75 Å². The Labute approximate surface area is 112 Å². The molecule has 19 heavy (non-hydrogen) atoms. The molecule has 1 N–H and O–H groups in total. The molecule has 0 aromatic heterocycles. The maximum atomic E-state index is 9.32. The van der Waals surface area contributed by atoms with Gasteiger partial charge in [0.25, 0.3) is 0 Å². The predicted octanol–water partition coefficient (Wildman–Crippen LogP) is 3.09. The third kappa shape index (κ3) is 2.57. The number of methoxy groups -OCH3 is 3. The Morgan fingerprint density at radius 3 is 1.68 bits per heavy atom. The number of aromatic hydroxyl groups is 1. The van der Waals surface area contributed by atoms with Crippen LogP contribution in [0.4, 0.5) is 0 Å². The number of phenolic OH excluding ortho intramolecular Hbond substituents is 1. The minimum atomic E-state index is 0.233. The quantitative estimate of drug-likeness (QED) is 0.917. The van der Waals surface area contributed by atoms with Gasteiger partial charge in [-0.3, -0.25) is 0 Å². The minimum absolute atomic E-state index is 0.233. The molecule has 0 saturated heterocycles. The molecule has 0 aliphatic heterocycles. The third-order valence-electron chi connectivity index (χ3n) is 2.87. The fraction of sp³-hybridized carbons (Fsp3) is 0.200. The molecular weight excluding hydrogens is 244 g/mol. The van der Waals surface area contributed by atoms with Crippen LogP contribution in [0.1, 0.15) is 0 Å². The Morgan fingerprint density at radius 1 is 0.737 bits per heavy atom. The van der Waals surface area contributed by atoms with Gasteiger partial charge >= 0.3 is 0 Å². The summed E-state index contributed by atoms with van der Waals surface area (Å²) in [6, 6.07) is 10.7. The van der Waals surface area contributed by atoms with Crippen LogP contribution in [0.15, 0.2) is 36.4 Å². The standard InChI is InChI=1S/C15H16O4/c1-17-13-8-11(9-14(18-2)15(13)19-3)10-4-6-12(16)7-5-10/h4-9,16H,1-3H3. The normalized spacial score (nSPS) is 10.1. The van der Waals surface area contributed by atoms with E-state index in [0.29, 0.717) is 17.2 Å². The number of benzene rings is 2. The fourth-order valence-corrected chi connectivity index (χ4v) is 1.90.